The molecule has 12 heteroatoms. The fourth-order valence-electron chi connectivity index (χ4n) is 5.86. The molecule has 228 valence electrons. The van der Waals surface area contributed by atoms with Gasteiger partial charge in [0.15, 0.2) is 5.78 Å². The number of para-hydroxylation sites is 1. The van der Waals surface area contributed by atoms with Gasteiger partial charge in [0.05, 0.1) is 34.8 Å². The molecule has 1 amide bonds. The maximum Gasteiger partial charge on any atom is 0.255 e. The molecule has 2 aromatic heterocycles. The number of fused-ring (bicyclic) bond motifs is 2. The Hall–Kier alpha value is -4.55. The summed E-state index contributed by atoms with van der Waals surface area (Å²) < 4.78 is 60.8. The molecule has 5 aromatic rings. The summed E-state index contributed by atoms with van der Waals surface area (Å²) in [7, 11) is -0.815. The van der Waals surface area contributed by atoms with Crippen LogP contribution >= 0.6 is 0 Å². The minimum atomic E-state index is -3.72. The van der Waals surface area contributed by atoms with Gasteiger partial charge in [0.1, 0.15) is 23.0 Å². The second kappa shape index (κ2) is 11.2. The third kappa shape index (κ3) is 5.24. The standard InChI is InChI=1S/C32H30F2N4O5S/c1-35-32(40)28-21-15-20(23-8-5-9-24(36-23)30(39)25-14-18-6-4-7-22(34)29(18)37-25)26(38(2)44(3,41)42)16-27(21)43-31(28)17-10-12-19(33)13-11-17/h4,6-7,10-16,23-24,36-37H,5,8-9H2,1-3H3,(H,35,40)/t23-,24?/m0/s1. The molecule has 1 fully saturated rings. The average molecular weight is 621 g/mol. The fourth-order valence-corrected chi connectivity index (χ4v) is 6.38. The van der Waals surface area contributed by atoms with Gasteiger partial charge < -0.3 is 20.0 Å². The molecule has 6 rings (SSSR count). The summed E-state index contributed by atoms with van der Waals surface area (Å²) in [4.78, 5) is 29.7. The normalized spacial score (nSPS) is 17.2. The number of sulfonamides is 1. The van der Waals surface area contributed by atoms with Crippen molar-refractivity contribution < 1.29 is 31.2 Å². The third-order valence-electron chi connectivity index (χ3n) is 8.19. The summed E-state index contributed by atoms with van der Waals surface area (Å²) in [5.74, 6) is -1.37. The van der Waals surface area contributed by atoms with Crippen LogP contribution in [0.3, 0.4) is 0 Å². The van der Waals surface area contributed by atoms with E-state index in [9.17, 15) is 26.8 Å². The van der Waals surface area contributed by atoms with Crippen molar-refractivity contribution in [3.05, 3.63) is 89.1 Å². The van der Waals surface area contributed by atoms with Crippen molar-refractivity contribution in [1.29, 1.82) is 0 Å². The molecular weight excluding hydrogens is 590 g/mol. The molecule has 44 heavy (non-hydrogen) atoms. The number of benzene rings is 3. The van der Waals surface area contributed by atoms with E-state index in [1.165, 1.54) is 44.4 Å². The van der Waals surface area contributed by atoms with Crippen LogP contribution in [-0.4, -0.2) is 51.5 Å². The number of Topliss-reactive ketones (excluding diaryl/α,β-unsaturated/α-hetero) is 1. The first-order valence-corrected chi connectivity index (χ1v) is 15.9. The highest BCUT2D eigenvalue weighted by Gasteiger charge is 2.33. The summed E-state index contributed by atoms with van der Waals surface area (Å²) in [6, 6.07) is 14.0. The maximum absolute atomic E-state index is 14.3. The predicted octanol–water partition coefficient (Wildman–Crippen LogP) is 5.68. The molecule has 0 spiro atoms. The van der Waals surface area contributed by atoms with Gasteiger partial charge in [0.2, 0.25) is 10.0 Å². The van der Waals surface area contributed by atoms with Gasteiger partial charge in [-0.25, -0.2) is 17.2 Å². The van der Waals surface area contributed by atoms with E-state index in [0.717, 1.165) is 10.6 Å². The number of nitrogens with zero attached hydrogens (tertiary/aromatic N) is 1. The predicted molar refractivity (Wildman–Crippen MR) is 164 cm³/mol. The summed E-state index contributed by atoms with van der Waals surface area (Å²) in [5.41, 5.74) is 2.35. The van der Waals surface area contributed by atoms with Gasteiger partial charge in [-0.15, -0.1) is 0 Å². The molecule has 0 saturated carbocycles. The van der Waals surface area contributed by atoms with Crippen molar-refractivity contribution in [2.75, 3.05) is 24.7 Å². The fraction of sp³-hybridized carbons (Fsp3) is 0.250. The van der Waals surface area contributed by atoms with Crippen LogP contribution in [0.25, 0.3) is 33.2 Å². The molecule has 1 saturated heterocycles. The van der Waals surface area contributed by atoms with Crippen LogP contribution in [0.15, 0.2) is 65.1 Å². The number of H-pyrrole nitrogens is 1. The van der Waals surface area contributed by atoms with Crippen molar-refractivity contribution in [2.45, 2.75) is 31.3 Å². The second-order valence-corrected chi connectivity index (χ2v) is 13.0. The van der Waals surface area contributed by atoms with Crippen molar-refractivity contribution in [2.24, 2.45) is 0 Å². The number of carbonyl (C=O) groups excluding carboxylic acids is 2. The highest BCUT2D eigenvalue weighted by atomic mass is 32.2. The Bertz CT molecular complexity index is 2040. The van der Waals surface area contributed by atoms with Gasteiger partial charge in [-0.05, 0) is 67.3 Å². The zero-order valence-electron chi connectivity index (χ0n) is 24.2. The number of rotatable bonds is 7. The number of aromatic amines is 1. The van der Waals surface area contributed by atoms with Gasteiger partial charge >= 0.3 is 0 Å². The van der Waals surface area contributed by atoms with Gasteiger partial charge in [0.25, 0.3) is 5.91 Å². The van der Waals surface area contributed by atoms with Gasteiger partial charge in [0, 0.05) is 42.5 Å². The quantitative estimate of drug-likeness (QED) is 0.201. The van der Waals surface area contributed by atoms with Gasteiger partial charge in [-0.1, -0.05) is 12.1 Å². The van der Waals surface area contributed by atoms with E-state index < -0.39 is 39.6 Å². The lowest BCUT2D eigenvalue weighted by molar-refractivity contribution is 0.0907. The third-order valence-corrected chi connectivity index (χ3v) is 9.38. The number of hydrogen-bond acceptors (Lipinski definition) is 6. The number of carbonyl (C=O) groups is 2. The minimum Gasteiger partial charge on any atom is -0.455 e. The van der Waals surface area contributed by atoms with Crippen LogP contribution in [0, 0.1) is 11.6 Å². The monoisotopic (exact) mass is 620 g/mol. The molecule has 1 aliphatic heterocycles. The van der Waals surface area contributed by atoms with Crippen LogP contribution in [0.2, 0.25) is 0 Å². The second-order valence-electron chi connectivity index (χ2n) is 11.0. The number of nitrogens with one attached hydrogen (secondary N) is 3. The first-order chi connectivity index (χ1) is 21.0. The number of anilines is 1. The lowest BCUT2D eigenvalue weighted by atomic mass is 9.89. The number of halogens is 2. The Labute approximate surface area is 252 Å². The Morgan fingerprint density at radius 2 is 1.80 bits per heavy atom. The van der Waals surface area contributed by atoms with Crippen LogP contribution in [-0.2, 0) is 10.0 Å². The molecular formula is C32H30F2N4O5S. The first-order valence-electron chi connectivity index (χ1n) is 14.1. The number of amides is 1. The molecule has 2 atom stereocenters. The molecule has 0 aliphatic carbocycles. The van der Waals surface area contributed by atoms with Crippen molar-refractivity contribution in [3.63, 3.8) is 0 Å². The molecule has 0 radical (unpaired) electrons. The highest BCUT2D eigenvalue weighted by molar-refractivity contribution is 7.92. The smallest absolute Gasteiger partial charge is 0.255 e. The number of piperidine rings is 1. The van der Waals surface area contributed by atoms with Crippen LogP contribution < -0.4 is 14.9 Å². The van der Waals surface area contributed by atoms with E-state index in [0.29, 0.717) is 46.8 Å². The minimum absolute atomic E-state index is 0.208. The van der Waals surface area contributed by atoms with Crippen LogP contribution in [0.5, 0.6) is 0 Å². The molecule has 1 unspecified atom stereocenters. The molecule has 9 nitrogen and oxygen atoms in total. The number of aromatic nitrogens is 1. The van der Waals surface area contributed by atoms with Gasteiger partial charge in [-0.2, -0.15) is 0 Å². The Balaban J connectivity index is 1.46. The molecule has 3 heterocycles. The van der Waals surface area contributed by atoms with E-state index in [1.807, 2.05) is 0 Å². The van der Waals surface area contributed by atoms with E-state index in [1.54, 1.807) is 30.3 Å². The maximum atomic E-state index is 14.3. The van der Waals surface area contributed by atoms with E-state index in [-0.39, 0.29) is 33.9 Å². The lowest BCUT2D eigenvalue weighted by Gasteiger charge is -2.33. The summed E-state index contributed by atoms with van der Waals surface area (Å²) in [5, 5.41) is 7.04. The largest absolute Gasteiger partial charge is 0.455 e. The van der Waals surface area contributed by atoms with Crippen molar-refractivity contribution in [3.8, 4) is 11.3 Å². The Morgan fingerprint density at radius 3 is 2.48 bits per heavy atom. The molecule has 3 N–H and O–H groups in total. The Morgan fingerprint density at radius 1 is 1.05 bits per heavy atom. The summed E-state index contributed by atoms with van der Waals surface area (Å²) in [6.45, 7) is 0. The first kappa shape index (κ1) is 29.5. The topological polar surface area (TPSA) is 125 Å². The lowest BCUT2D eigenvalue weighted by Crippen LogP contribution is -2.43. The Kier molecular flexibility index (Phi) is 7.50. The summed E-state index contributed by atoms with van der Waals surface area (Å²) in [6.07, 6.45) is 2.84. The number of hydrogen-bond donors (Lipinski definition) is 3. The number of ketones is 1. The summed E-state index contributed by atoms with van der Waals surface area (Å²) >= 11 is 0. The zero-order chi connectivity index (χ0) is 31.3. The van der Waals surface area contributed by atoms with Crippen molar-refractivity contribution >= 4 is 49.3 Å². The van der Waals surface area contributed by atoms with Crippen LogP contribution in [0.1, 0.15) is 51.7 Å². The van der Waals surface area contributed by atoms with Gasteiger partial charge in [-0.3, -0.25) is 13.9 Å². The van der Waals surface area contributed by atoms with E-state index in [4.69, 9.17) is 4.42 Å². The SMILES string of the molecule is CNC(=O)c1c(-c2ccc(F)cc2)oc2cc(N(C)S(C)(=O)=O)c([C@@H]3CCCC(C(=O)c4cc5cccc(F)c5[nH]4)N3)cc12. The van der Waals surface area contributed by atoms with Crippen molar-refractivity contribution in [1.82, 2.24) is 15.6 Å². The molecule has 1 aliphatic rings. The van der Waals surface area contributed by atoms with E-state index in [2.05, 4.69) is 15.6 Å². The molecule has 3 aromatic carbocycles. The average Bonchev–Trinajstić information content (AvgIpc) is 3.62. The van der Waals surface area contributed by atoms with E-state index >= 15 is 0 Å². The number of furan rings is 1. The van der Waals surface area contributed by atoms with Crippen LogP contribution in [0.4, 0.5) is 14.5 Å². The highest BCUT2D eigenvalue weighted by Crippen LogP contribution is 2.41. The zero-order valence-corrected chi connectivity index (χ0v) is 25.0. The molecule has 0 bridgehead atoms.